The molecule has 0 aliphatic heterocycles. The van der Waals surface area contributed by atoms with Gasteiger partial charge in [-0.25, -0.2) is 13.8 Å². The topological polar surface area (TPSA) is 97.3 Å². The Hall–Kier alpha value is -4.47. The number of sulfonamides is 1. The third-order valence-corrected chi connectivity index (χ3v) is 8.31. The summed E-state index contributed by atoms with van der Waals surface area (Å²) in [6, 6.07) is 31.0. The number of rotatable bonds is 13. The minimum atomic E-state index is -3.69. The third-order valence-electron chi connectivity index (χ3n) is 6.26. The molecule has 0 spiro atoms. The fourth-order valence-corrected chi connectivity index (χ4v) is 5.55. The van der Waals surface area contributed by atoms with Gasteiger partial charge in [-0.05, 0) is 53.1 Å². The molecule has 212 valence electrons. The zero-order chi connectivity index (χ0) is 29.1. The maximum atomic E-state index is 12.8. The van der Waals surface area contributed by atoms with Crippen LogP contribution in [0.4, 0.5) is 0 Å². The molecule has 0 heterocycles. The van der Waals surface area contributed by atoms with Gasteiger partial charge in [0.15, 0.2) is 11.5 Å². The van der Waals surface area contributed by atoms with Gasteiger partial charge in [-0.3, -0.25) is 4.79 Å². The Morgan fingerprint density at radius 2 is 1.39 bits per heavy atom. The molecule has 1 N–H and O–H groups in total. The summed E-state index contributed by atoms with van der Waals surface area (Å²) in [6.45, 7) is 4.96. The number of hydrogen-bond donors (Lipinski definition) is 1. The highest BCUT2D eigenvalue weighted by Gasteiger charge is 2.22. The zero-order valence-electron chi connectivity index (χ0n) is 23.1. The second-order valence-corrected chi connectivity index (χ2v) is 11.0. The molecule has 9 heteroatoms. The maximum absolute atomic E-state index is 12.8. The van der Waals surface area contributed by atoms with Crippen molar-refractivity contribution >= 4 is 22.1 Å². The average Bonchev–Trinajstić information content (AvgIpc) is 3.01. The SMILES string of the molecule is CCN(CC)S(=O)(=O)c1cccc(C(=O)NN=Cc2ccc(OCc3ccccc3)c(OCc3ccccc3)c2)c1. The Kier molecular flexibility index (Phi) is 10.3. The molecular formula is C32H33N3O5S. The molecule has 4 rings (SSSR count). The molecule has 0 bridgehead atoms. The second kappa shape index (κ2) is 14.2. The monoisotopic (exact) mass is 571 g/mol. The van der Waals surface area contributed by atoms with Gasteiger partial charge in [0.2, 0.25) is 10.0 Å². The van der Waals surface area contributed by atoms with Crippen LogP contribution in [0.3, 0.4) is 0 Å². The van der Waals surface area contributed by atoms with E-state index < -0.39 is 15.9 Å². The summed E-state index contributed by atoms with van der Waals surface area (Å²) >= 11 is 0. The van der Waals surface area contributed by atoms with Crippen LogP contribution in [0.25, 0.3) is 0 Å². The highest BCUT2D eigenvalue weighted by atomic mass is 32.2. The van der Waals surface area contributed by atoms with Crippen molar-refractivity contribution in [1.82, 2.24) is 9.73 Å². The largest absolute Gasteiger partial charge is 0.485 e. The van der Waals surface area contributed by atoms with Crippen LogP contribution < -0.4 is 14.9 Å². The van der Waals surface area contributed by atoms with Gasteiger partial charge in [-0.15, -0.1) is 0 Å². The zero-order valence-corrected chi connectivity index (χ0v) is 23.9. The molecule has 0 aliphatic carbocycles. The Bertz CT molecular complexity index is 1570. The van der Waals surface area contributed by atoms with E-state index in [1.165, 1.54) is 22.7 Å². The van der Waals surface area contributed by atoms with Crippen LogP contribution in [0.2, 0.25) is 0 Å². The Balaban J connectivity index is 1.47. The van der Waals surface area contributed by atoms with Gasteiger partial charge in [0.1, 0.15) is 13.2 Å². The van der Waals surface area contributed by atoms with Gasteiger partial charge in [0, 0.05) is 18.7 Å². The van der Waals surface area contributed by atoms with E-state index in [1.807, 2.05) is 66.7 Å². The van der Waals surface area contributed by atoms with E-state index in [0.717, 1.165) is 11.1 Å². The predicted octanol–water partition coefficient (Wildman–Crippen LogP) is 5.64. The van der Waals surface area contributed by atoms with E-state index in [9.17, 15) is 13.2 Å². The molecule has 0 radical (unpaired) electrons. The molecule has 0 unspecified atom stereocenters. The van der Waals surface area contributed by atoms with Crippen molar-refractivity contribution in [2.45, 2.75) is 32.0 Å². The quantitative estimate of drug-likeness (QED) is 0.166. The number of nitrogens with one attached hydrogen (secondary N) is 1. The molecule has 0 atom stereocenters. The number of ether oxygens (including phenoxy) is 2. The highest BCUT2D eigenvalue weighted by Crippen LogP contribution is 2.30. The van der Waals surface area contributed by atoms with Crippen molar-refractivity contribution in [3.8, 4) is 11.5 Å². The number of amides is 1. The van der Waals surface area contributed by atoms with Crippen LogP contribution in [0.5, 0.6) is 11.5 Å². The summed E-state index contributed by atoms with van der Waals surface area (Å²) in [4.78, 5) is 12.8. The lowest BCUT2D eigenvalue weighted by Gasteiger charge is -2.18. The van der Waals surface area contributed by atoms with Crippen LogP contribution >= 0.6 is 0 Å². The first kappa shape index (κ1) is 29.5. The molecule has 0 saturated carbocycles. The molecule has 4 aromatic carbocycles. The first-order chi connectivity index (χ1) is 19.9. The van der Waals surface area contributed by atoms with Crippen molar-refractivity contribution in [3.63, 3.8) is 0 Å². The summed E-state index contributed by atoms with van der Waals surface area (Å²) in [5, 5.41) is 4.08. The molecule has 8 nitrogen and oxygen atoms in total. The number of benzene rings is 4. The van der Waals surface area contributed by atoms with E-state index in [2.05, 4.69) is 10.5 Å². The minimum absolute atomic E-state index is 0.0594. The summed E-state index contributed by atoms with van der Waals surface area (Å²) < 4.78 is 39.2. The van der Waals surface area contributed by atoms with E-state index in [0.29, 0.717) is 43.4 Å². The summed E-state index contributed by atoms with van der Waals surface area (Å²) in [7, 11) is -3.69. The first-order valence-electron chi connectivity index (χ1n) is 13.3. The van der Waals surface area contributed by atoms with Gasteiger partial charge in [0.05, 0.1) is 11.1 Å². The lowest BCUT2D eigenvalue weighted by molar-refractivity contribution is 0.0955. The van der Waals surface area contributed by atoms with E-state index in [-0.39, 0.29) is 10.5 Å². The molecular weight excluding hydrogens is 538 g/mol. The minimum Gasteiger partial charge on any atom is -0.485 e. The molecule has 0 aromatic heterocycles. The Morgan fingerprint density at radius 3 is 2.00 bits per heavy atom. The lowest BCUT2D eigenvalue weighted by atomic mass is 10.2. The van der Waals surface area contributed by atoms with Crippen molar-refractivity contribution in [1.29, 1.82) is 0 Å². The van der Waals surface area contributed by atoms with Gasteiger partial charge >= 0.3 is 0 Å². The van der Waals surface area contributed by atoms with Crippen LogP contribution in [-0.4, -0.2) is 37.9 Å². The fourth-order valence-electron chi connectivity index (χ4n) is 4.05. The number of nitrogens with zero attached hydrogens (tertiary/aromatic N) is 2. The highest BCUT2D eigenvalue weighted by molar-refractivity contribution is 7.89. The summed E-state index contributed by atoms with van der Waals surface area (Å²) in [6.07, 6.45) is 1.49. The van der Waals surface area contributed by atoms with Gasteiger partial charge in [-0.2, -0.15) is 9.41 Å². The maximum Gasteiger partial charge on any atom is 0.271 e. The fraction of sp³-hybridized carbons (Fsp3) is 0.188. The smallest absolute Gasteiger partial charge is 0.271 e. The molecule has 0 saturated heterocycles. The van der Waals surface area contributed by atoms with Crippen LogP contribution in [0.1, 0.15) is 40.9 Å². The standard InChI is InChI=1S/C32H33N3O5S/c1-3-35(4-2)41(37,38)29-17-11-16-28(21-29)32(36)34-33-22-27-18-19-30(39-23-25-12-7-5-8-13-25)31(20-27)40-24-26-14-9-6-10-15-26/h5-22H,3-4,23-24H2,1-2H3,(H,34,36). The van der Waals surface area contributed by atoms with Gasteiger partial charge in [-0.1, -0.05) is 80.6 Å². The molecule has 0 fully saturated rings. The van der Waals surface area contributed by atoms with E-state index in [1.54, 1.807) is 38.1 Å². The van der Waals surface area contributed by atoms with Gasteiger partial charge < -0.3 is 9.47 Å². The van der Waals surface area contributed by atoms with E-state index in [4.69, 9.17) is 9.47 Å². The average molecular weight is 572 g/mol. The number of hydrogen-bond acceptors (Lipinski definition) is 6. The predicted molar refractivity (Wildman–Crippen MR) is 160 cm³/mol. The number of carbonyl (C=O) groups is 1. The molecule has 4 aromatic rings. The van der Waals surface area contributed by atoms with Crippen LogP contribution in [0, 0.1) is 0 Å². The molecule has 41 heavy (non-hydrogen) atoms. The van der Waals surface area contributed by atoms with E-state index >= 15 is 0 Å². The molecule has 1 amide bonds. The van der Waals surface area contributed by atoms with Gasteiger partial charge in [0.25, 0.3) is 5.91 Å². The summed E-state index contributed by atoms with van der Waals surface area (Å²) in [5.74, 6) is 0.591. The Labute approximate surface area is 241 Å². The van der Waals surface area contributed by atoms with Crippen molar-refractivity contribution in [2.24, 2.45) is 5.10 Å². The molecule has 0 aliphatic rings. The van der Waals surface area contributed by atoms with Crippen molar-refractivity contribution < 1.29 is 22.7 Å². The third kappa shape index (κ3) is 8.03. The number of carbonyl (C=O) groups excluding carboxylic acids is 1. The van der Waals surface area contributed by atoms with Crippen molar-refractivity contribution in [3.05, 3.63) is 125 Å². The summed E-state index contributed by atoms with van der Waals surface area (Å²) in [5.41, 5.74) is 5.38. The lowest BCUT2D eigenvalue weighted by Crippen LogP contribution is -2.30. The first-order valence-corrected chi connectivity index (χ1v) is 14.8. The Morgan fingerprint density at radius 1 is 0.780 bits per heavy atom. The normalized spacial score (nSPS) is 11.5. The second-order valence-electron chi connectivity index (χ2n) is 9.07. The van der Waals surface area contributed by atoms with Crippen molar-refractivity contribution in [2.75, 3.05) is 13.1 Å². The van der Waals surface area contributed by atoms with Crippen LogP contribution in [-0.2, 0) is 23.2 Å². The number of hydrazone groups is 1. The van der Waals surface area contributed by atoms with Crippen LogP contribution in [0.15, 0.2) is 113 Å².